The van der Waals surface area contributed by atoms with Gasteiger partial charge in [0.25, 0.3) is 0 Å². The van der Waals surface area contributed by atoms with Crippen molar-refractivity contribution >= 4 is 17.3 Å². The van der Waals surface area contributed by atoms with Crippen molar-refractivity contribution in [2.24, 2.45) is 0 Å². The van der Waals surface area contributed by atoms with E-state index in [0.717, 1.165) is 28.4 Å². The van der Waals surface area contributed by atoms with Gasteiger partial charge in [-0.2, -0.15) is 0 Å². The first-order chi connectivity index (χ1) is 15.7. The fraction of sp³-hybridized carbons (Fsp3) is 0.160. The highest BCUT2D eigenvalue weighted by molar-refractivity contribution is 7.80. The third kappa shape index (κ3) is 3.83. The molecule has 1 aliphatic heterocycles. The number of rotatable bonds is 6. The second-order valence-corrected chi connectivity index (χ2v) is 8.00. The Labute approximate surface area is 192 Å². The zero-order valence-electron chi connectivity index (χ0n) is 17.6. The predicted molar refractivity (Wildman–Crippen MR) is 128 cm³/mol. The number of hydrogen-bond donors (Lipinski definition) is 1. The molecule has 6 nitrogen and oxygen atoms in total. The number of methoxy groups -OCH3 is 1. The van der Waals surface area contributed by atoms with E-state index in [4.69, 9.17) is 17.0 Å². The average molecular weight is 442 g/mol. The van der Waals surface area contributed by atoms with E-state index in [2.05, 4.69) is 55.2 Å². The van der Waals surface area contributed by atoms with Crippen LogP contribution in [0.1, 0.15) is 29.0 Å². The lowest BCUT2D eigenvalue weighted by molar-refractivity contribution is 0.302. The van der Waals surface area contributed by atoms with E-state index in [-0.39, 0.29) is 12.1 Å². The van der Waals surface area contributed by atoms with E-state index in [0.29, 0.717) is 11.7 Å². The molecule has 2 atom stereocenters. The van der Waals surface area contributed by atoms with Crippen LogP contribution in [0.3, 0.4) is 0 Å². The Kier molecular flexibility index (Phi) is 5.56. The minimum Gasteiger partial charge on any atom is -0.497 e. The van der Waals surface area contributed by atoms with Crippen LogP contribution in [-0.2, 0) is 6.54 Å². The topological polar surface area (TPSA) is 55.2 Å². The van der Waals surface area contributed by atoms with Crippen molar-refractivity contribution in [2.75, 3.05) is 7.11 Å². The van der Waals surface area contributed by atoms with Gasteiger partial charge in [-0.05, 0) is 66.3 Å². The lowest BCUT2D eigenvalue weighted by Gasteiger charge is -2.29. The van der Waals surface area contributed by atoms with Crippen LogP contribution in [0.5, 0.6) is 5.75 Å². The molecule has 4 aromatic rings. The van der Waals surface area contributed by atoms with Gasteiger partial charge in [0.2, 0.25) is 0 Å². The van der Waals surface area contributed by atoms with Gasteiger partial charge in [-0.25, -0.2) is 0 Å². The highest BCUT2D eigenvalue weighted by Crippen LogP contribution is 2.40. The Morgan fingerprint density at radius 2 is 1.78 bits per heavy atom. The number of hydrogen-bond acceptors (Lipinski definition) is 4. The summed E-state index contributed by atoms with van der Waals surface area (Å²) >= 11 is 5.82. The first-order valence-electron chi connectivity index (χ1n) is 10.4. The molecular weight excluding hydrogens is 418 g/mol. The van der Waals surface area contributed by atoms with Crippen LogP contribution < -0.4 is 10.1 Å². The largest absolute Gasteiger partial charge is 0.497 e. The molecule has 1 saturated heterocycles. The summed E-state index contributed by atoms with van der Waals surface area (Å²) in [4.78, 5) is 11.0. The molecule has 0 amide bonds. The molecule has 3 aromatic heterocycles. The van der Waals surface area contributed by atoms with Crippen molar-refractivity contribution in [2.45, 2.75) is 18.6 Å². The minimum absolute atomic E-state index is 0.0392. The molecule has 160 valence electrons. The maximum Gasteiger partial charge on any atom is 0.170 e. The molecule has 4 heterocycles. The van der Waals surface area contributed by atoms with Gasteiger partial charge in [-0.1, -0.05) is 18.2 Å². The van der Waals surface area contributed by atoms with E-state index >= 15 is 0 Å². The summed E-state index contributed by atoms with van der Waals surface area (Å²) in [6.45, 7) is 0.672. The van der Waals surface area contributed by atoms with E-state index < -0.39 is 0 Å². The Balaban J connectivity index is 1.57. The molecule has 0 spiro atoms. The lowest BCUT2D eigenvalue weighted by atomic mass is 10.0. The molecule has 7 heteroatoms. The fourth-order valence-corrected chi connectivity index (χ4v) is 4.50. The quantitative estimate of drug-likeness (QED) is 0.446. The van der Waals surface area contributed by atoms with Crippen molar-refractivity contribution in [3.63, 3.8) is 0 Å². The number of nitrogens with zero attached hydrogens (tertiary/aromatic N) is 4. The standard InChI is InChI=1S/C25H23N5OS/c1-31-20-9-7-18(8-10-20)17-30-24(23(28-25(30)32)21-5-2-3-13-27-21)22-6-4-16-29(22)19-11-14-26-15-12-19/h2-16,23-24H,17H2,1H3,(H,28,32)/t23-,24-/m0/s1. The zero-order valence-corrected chi connectivity index (χ0v) is 18.4. The zero-order chi connectivity index (χ0) is 21.9. The van der Waals surface area contributed by atoms with Crippen molar-refractivity contribution in [3.05, 3.63) is 108 Å². The van der Waals surface area contributed by atoms with Gasteiger partial charge < -0.3 is 19.5 Å². The third-order valence-electron chi connectivity index (χ3n) is 5.73. The highest BCUT2D eigenvalue weighted by atomic mass is 32.1. The number of pyridine rings is 2. The van der Waals surface area contributed by atoms with Crippen LogP contribution in [0.25, 0.3) is 5.69 Å². The maximum absolute atomic E-state index is 5.82. The van der Waals surface area contributed by atoms with Crippen LogP contribution in [0, 0.1) is 0 Å². The Morgan fingerprint density at radius 1 is 0.969 bits per heavy atom. The number of ether oxygens (including phenoxy) is 1. The normalized spacial score (nSPS) is 17.9. The molecule has 32 heavy (non-hydrogen) atoms. The van der Waals surface area contributed by atoms with Gasteiger partial charge in [0, 0.05) is 42.7 Å². The monoisotopic (exact) mass is 441 g/mol. The average Bonchev–Trinajstić information content (AvgIpc) is 3.45. The smallest absolute Gasteiger partial charge is 0.170 e. The van der Waals surface area contributed by atoms with Gasteiger partial charge >= 0.3 is 0 Å². The van der Waals surface area contributed by atoms with Crippen LogP contribution in [0.4, 0.5) is 0 Å². The summed E-state index contributed by atoms with van der Waals surface area (Å²) in [5.74, 6) is 0.838. The second kappa shape index (κ2) is 8.80. The summed E-state index contributed by atoms with van der Waals surface area (Å²) in [6.07, 6.45) is 7.52. The summed E-state index contributed by atoms with van der Waals surface area (Å²) in [5.41, 5.74) is 4.30. The SMILES string of the molecule is COc1ccc(CN2C(=S)N[C@@H](c3ccccn3)[C@@H]2c2cccn2-c2ccncc2)cc1. The molecule has 0 saturated carbocycles. The lowest BCUT2D eigenvalue weighted by Crippen LogP contribution is -2.30. The van der Waals surface area contributed by atoms with E-state index in [1.807, 2.05) is 61.1 Å². The second-order valence-electron chi connectivity index (χ2n) is 7.61. The maximum atomic E-state index is 5.82. The molecule has 1 fully saturated rings. The van der Waals surface area contributed by atoms with E-state index in [1.54, 1.807) is 7.11 Å². The Hall–Kier alpha value is -3.71. The predicted octanol–water partition coefficient (Wildman–Crippen LogP) is 4.45. The Morgan fingerprint density at radius 3 is 2.50 bits per heavy atom. The summed E-state index contributed by atoms with van der Waals surface area (Å²) < 4.78 is 7.50. The molecule has 1 aliphatic rings. The first kappa shape index (κ1) is 20.2. The van der Waals surface area contributed by atoms with Gasteiger partial charge in [0.1, 0.15) is 5.75 Å². The number of nitrogens with one attached hydrogen (secondary N) is 1. The van der Waals surface area contributed by atoms with Crippen molar-refractivity contribution in [1.82, 2.24) is 24.8 Å². The van der Waals surface area contributed by atoms with Crippen LogP contribution in [0.2, 0.25) is 0 Å². The van der Waals surface area contributed by atoms with Gasteiger partial charge in [0.05, 0.1) is 24.9 Å². The highest BCUT2D eigenvalue weighted by Gasteiger charge is 2.41. The van der Waals surface area contributed by atoms with Crippen LogP contribution in [-0.4, -0.2) is 31.7 Å². The van der Waals surface area contributed by atoms with Crippen LogP contribution >= 0.6 is 12.2 Å². The van der Waals surface area contributed by atoms with Gasteiger partial charge in [-0.3, -0.25) is 9.97 Å². The molecule has 0 bridgehead atoms. The van der Waals surface area contributed by atoms with Gasteiger partial charge in [0.15, 0.2) is 5.11 Å². The molecular formula is C25H23N5OS. The molecule has 0 radical (unpaired) electrons. The summed E-state index contributed by atoms with van der Waals surface area (Å²) in [5, 5.41) is 4.24. The summed E-state index contributed by atoms with van der Waals surface area (Å²) in [7, 11) is 1.68. The van der Waals surface area contributed by atoms with Crippen molar-refractivity contribution < 1.29 is 4.74 Å². The van der Waals surface area contributed by atoms with Gasteiger partial charge in [-0.15, -0.1) is 0 Å². The van der Waals surface area contributed by atoms with E-state index in [1.165, 1.54) is 0 Å². The number of aromatic nitrogens is 3. The summed E-state index contributed by atoms with van der Waals surface area (Å²) in [6, 6.07) is 22.2. The third-order valence-corrected chi connectivity index (χ3v) is 6.09. The van der Waals surface area contributed by atoms with Crippen molar-refractivity contribution in [3.8, 4) is 11.4 Å². The van der Waals surface area contributed by atoms with Crippen molar-refractivity contribution in [1.29, 1.82) is 0 Å². The number of thiocarbonyl (C=S) groups is 1. The molecule has 1 aromatic carbocycles. The fourth-order valence-electron chi connectivity index (χ4n) is 4.20. The molecule has 1 N–H and O–H groups in total. The Bertz CT molecular complexity index is 1190. The molecule has 0 aliphatic carbocycles. The minimum atomic E-state index is -0.0718. The molecule has 5 rings (SSSR count). The van der Waals surface area contributed by atoms with Crippen LogP contribution in [0.15, 0.2) is 91.5 Å². The first-order valence-corrected chi connectivity index (χ1v) is 10.8. The van der Waals surface area contributed by atoms with E-state index in [9.17, 15) is 0 Å². The number of benzene rings is 1. The molecule has 0 unspecified atom stereocenters.